The predicted octanol–water partition coefficient (Wildman–Crippen LogP) is 3.08. The molecule has 0 aliphatic carbocycles. The van der Waals surface area contributed by atoms with Crippen molar-refractivity contribution in [2.75, 3.05) is 6.54 Å². The zero-order chi connectivity index (χ0) is 15.2. The number of nitrogens with one attached hydrogen (secondary N) is 1. The second-order valence-corrected chi connectivity index (χ2v) is 5.40. The van der Waals surface area contributed by atoms with E-state index in [-0.39, 0.29) is 5.43 Å². The Morgan fingerprint density at radius 3 is 2.81 bits per heavy atom. The second kappa shape index (κ2) is 7.38. The van der Waals surface area contributed by atoms with Crippen molar-refractivity contribution in [3.05, 3.63) is 57.0 Å². The van der Waals surface area contributed by atoms with Crippen molar-refractivity contribution < 1.29 is 0 Å². The summed E-state index contributed by atoms with van der Waals surface area (Å²) in [4.78, 5) is 12.0. The topological polar surface area (TPSA) is 46.9 Å². The van der Waals surface area contributed by atoms with Crippen molar-refractivity contribution in [2.24, 2.45) is 0 Å². The van der Waals surface area contributed by atoms with E-state index in [2.05, 4.69) is 17.3 Å². The number of halogens is 1. The fourth-order valence-electron chi connectivity index (χ4n) is 2.08. The summed E-state index contributed by atoms with van der Waals surface area (Å²) in [5.41, 5.74) is 2.02. The van der Waals surface area contributed by atoms with E-state index < -0.39 is 0 Å². The lowest BCUT2D eigenvalue weighted by atomic mass is 10.2. The van der Waals surface area contributed by atoms with Gasteiger partial charge in [-0.1, -0.05) is 37.1 Å². The Morgan fingerprint density at radius 2 is 2.10 bits per heavy atom. The Kier molecular flexibility index (Phi) is 5.53. The van der Waals surface area contributed by atoms with Crippen LogP contribution in [-0.2, 0) is 6.54 Å². The molecule has 0 aliphatic rings. The van der Waals surface area contributed by atoms with Crippen molar-refractivity contribution in [3.8, 4) is 5.69 Å². The maximum atomic E-state index is 12.0. The van der Waals surface area contributed by atoms with Crippen LogP contribution < -0.4 is 10.7 Å². The first-order valence-corrected chi connectivity index (χ1v) is 7.56. The first-order valence-electron chi connectivity index (χ1n) is 7.19. The molecule has 0 unspecified atom stereocenters. The maximum absolute atomic E-state index is 12.0. The van der Waals surface area contributed by atoms with E-state index in [0.29, 0.717) is 17.3 Å². The van der Waals surface area contributed by atoms with Crippen LogP contribution in [0.2, 0.25) is 5.02 Å². The van der Waals surface area contributed by atoms with E-state index in [0.717, 1.165) is 30.8 Å². The Bertz CT molecular complexity index is 667. The van der Waals surface area contributed by atoms with Crippen molar-refractivity contribution in [1.29, 1.82) is 0 Å². The largest absolute Gasteiger partial charge is 0.311 e. The van der Waals surface area contributed by atoms with Gasteiger partial charge in [0.1, 0.15) is 5.69 Å². The number of benzene rings is 1. The van der Waals surface area contributed by atoms with Crippen LogP contribution in [-0.4, -0.2) is 16.3 Å². The lowest BCUT2D eigenvalue weighted by Gasteiger charge is -2.12. The zero-order valence-electron chi connectivity index (χ0n) is 12.4. The second-order valence-electron chi connectivity index (χ2n) is 4.99. The third-order valence-corrected chi connectivity index (χ3v) is 3.58. The van der Waals surface area contributed by atoms with Crippen LogP contribution in [0.25, 0.3) is 5.69 Å². The smallest absolute Gasteiger partial charge is 0.204 e. The first-order chi connectivity index (χ1) is 10.1. The number of nitrogens with zero attached hydrogens (tertiary/aromatic N) is 2. The van der Waals surface area contributed by atoms with Crippen molar-refractivity contribution in [3.63, 3.8) is 0 Å². The lowest BCUT2D eigenvalue weighted by molar-refractivity contribution is 0.615. The summed E-state index contributed by atoms with van der Waals surface area (Å²) < 4.78 is 1.72. The summed E-state index contributed by atoms with van der Waals surface area (Å²) in [6.45, 7) is 5.35. The Hall–Kier alpha value is -1.65. The van der Waals surface area contributed by atoms with Gasteiger partial charge in [0.05, 0.1) is 10.7 Å². The van der Waals surface area contributed by atoms with Gasteiger partial charge in [-0.3, -0.25) is 4.79 Å². The molecule has 0 saturated carbocycles. The highest BCUT2D eigenvalue weighted by Gasteiger charge is 2.09. The quantitative estimate of drug-likeness (QED) is 0.834. The summed E-state index contributed by atoms with van der Waals surface area (Å²) in [6.07, 6.45) is 2.21. The summed E-state index contributed by atoms with van der Waals surface area (Å²) >= 11 is 6.21. The Morgan fingerprint density at radius 1 is 1.33 bits per heavy atom. The van der Waals surface area contributed by atoms with E-state index in [1.54, 1.807) is 10.7 Å². The molecule has 2 aromatic rings. The molecule has 0 fully saturated rings. The fraction of sp³-hybridized carbons (Fsp3) is 0.375. The van der Waals surface area contributed by atoms with Gasteiger partial charge in [0.2, 0.25) is 5.43 Å². The summed E-state index contributed by atoms with van der Waals surface area (Å²) in [6, 6.07) is 9.08. The van der Waals surface area contributed by atoms with Crippen LogP contribution in [0.1, 0.15) is 31.2 Å². The van der Waals surface area contributed by atoms with E-state index in [1.807, 2.05) is 31.2 Å². The number of hydrogen-bond acceptors (Lipinski definition) is 3. The van der Waals surface area contributed by atoms with Crippen molar-refractivity contribution in [2.45, 2.75) is 33.2 Å². The third-order valence-electron chi connectivity index (χ3n) is 3.26. The number of aromatic nitrogens is 2. The van der Waals surface area contributed by atoms with E-state index in [1.165, 1.54) is 0 Å². The molecule has 1 aromatic heterocycles. The highest BCUT2D eigenvalue weighted by Crippen LogP contribution is 2.19. The van der Waals surface area contributed by atoms with Gasteiger partial charge in [0.15, 0.2) is 0 Å². The van der Waals surface area contributed by atoms with Crippen LogP contribution >= 0.6 is 11.6 Å². The molecule has 112 valence electrons. The van der Waals surface area contributed by atoms with Crippen molar-refractivity contribution >= 4 is 11.6 Å². The number of para-hydroxylation sites is 1. The SMILES string of the molecule is CCCCNCc1nn(-c2ccccc2Cl)c(C)cc1=O. The average molecular weight is 306 g/mol. The molecule has 21 heavy (non-hydrogen) atoms. The first kappa shape index (κ1) is 15.7. The van der Waals surface area contributed by atoms with E-state index >= 15 is 0 Å². The summed E-state index contributed by atoms with van der Waals surface area (Å²) in [7, 11) is 0. The maximum Gasteiger partial charge on any atom is 0.204 e. The minimum atomic E-state index is -0.0418. The molecular formula is C16H20ClN3O. The molecule has 4 nitrogen and oxygen atoms in total. The van der Waals surface area contributed by atoms with Crippen LogP contribution in [0.5, 0.6) is 0 Å². The number of rotatable bonds is 6. The Balaban J connectivity index is 2.31. The molecule has 0 spiro atoms. The van der Waals surface area contributed by atoms with Crippen molar-refractivity contribution in [1.82, 2.24) is 15.1 Å². The van der Waals surface area contributed by atoms with Gasteiger partial charge in [-0.15, -0.1) is 0 Å². The molecule has 2 rings (SSSR count). The number of hydrogen-bond donors (Lipinski definition) is 1. The number of unbranched alkanes of at least 4 members (excludes halogenated alkanes) is 1. The summed E-state index contributed by atoms with van der Waals surface area (Å²) in [5, 5.41) is 8.32. The number of aryl methyl sites for hydroxylation is 1. The molecule has 1 aromatic carbocycles. The summed E-state index contributed by atoms with van der Waals surface area (Å²) in [5.74, 6) is 0. The molecule has 0 bridgehead atoms. The molecule has 5 heteroatoms. The monoisotopic (exact) mass is 305 g/mol. The van der Waals surface area contributed by atoms with Gasteiger partial charge in [-0.05, 0) is 32.0 Å². The van der Waals surface area contributed by atoms with Gasteiger partial charge < -0.3 is 5.32 Å². The minimum absolute atomic E-state index is 0.0418. The van der Waals surface area contributed by atoms with E-state index in [4.69, 9.17) is 11.6 Å². The fourth-order valence-corrected chi connectivity index (χ4v) is 2.30. The minimum Gasteiger partial charge on any atom is -0.311 e. The van der Waals surface area contributed by atoms with Gasteiger partial charge in [0, 0.05) is 18.3 Å². The van der Waals surface area contributed by atoms with Gasteiger partial charge in [-0.2, -0.15) is 5.10 Å². The standard InChI is InChI=1S/C16H20ClN3O/c1-3-4-9-18-11-14-16(21)10-12(2)20(19-14)15-8-6-5-7-13(15)17/h5-8,10,18H,3-4,9,11H2,1-2H3. The lowest BCUT2D eigenvalue weighted by Crippen LogP contribution is -2.25. The molecule has 0 aliphatic heterocycles. The molecule has 0 atom stereocenters. The predicted molar refractivity (Wildman–Crippen MR) is 86.2 cm³/mol. The highest BCUT2D eigenvalue weighted by molar-refractivity contribution is 6.32. The molecule has 0 amide bonds. The molecule has 1 N–H and O–H groups in total. The molecule has 1 heterocycles. The van der Waals surface area contributed by atoms with Crippen LogP contribution in [0.3, 0.4) is 0 Å². The Labute approximate surface area is 129 Å². The van der Waals surface area contributed by atoms with Gasteiger partial charge in [0.25, 0.3) is 0 Å². The third kappa shape index (κ3) is 3.93. The average Bonchev–Trinajstić information content (AvgIpc) is 2.46. The molecule has 0 saturated heterocycles. The molecule has 0 radical (unpaired) electrons. The van der Waals surface area contributed by atoms with Gasteiger partial charge >= 0.3 is 0 Å². The van der Waals surface area contributed by atoms with Crippen LogP contribution in [0.4, 0.5) is 0 Å². The van der Waals surface area contributed by atoms with E-state index in [9.17, 15) is 4.79 Å². The van der Waals surface area contributed by atoms with Crippen LogP contribution in [0.15, 0.2) is 35.1 Å². The molecular weight excluding hydrogens is 286 g/mol. The van der Waals surface area contributed by atoms with Gasteiger partial charge in [-0.25, -0.2) is 4.68 Å². The highest BCUT2D eigenvalue weighted by atomic mass is 35.5. The zero-order valence-corrected chi connectivity index (χ0v) is 13.2. The normalized spacial score (nSPS) is 10.8. The van der Waals surface area contributed by atoms with Crippen LogP contribution in [0, 0.1) is 6.92 Å².